The van der Waals surface area contributed by atoms with Crippen molar-refractivity contribution < 1.29 is 19.8 Å². The number of hydrogen-bond donors (Lipinski definition) is 4. The molecule has 7 heteroatoms. The van der Waals surface area contributed by atoms with Crippen LogP contribution in [-0.2, 0) is 0 Å². The highest BCUT2D eigenvalue weighted by atomic mass is 16.4. The minimum Gasteiger partial charge on any atom is -0.477 e. The van der Waals surface area contributed by atoms with Crippen LogP contribution >= 0.6 is 0 Å². The molecular weight excluding hydrogens is 238 g/mol. The number of carboxylic acid groups (broad SMARTS) is 1. The monoisotopic (exact) mass is 253 g/mol. The summed E-state index contributed by atoms with van der Waals surface area (Å²) in [6.45, 7) is 0. The quantitative estimate of drug-likeness (QED) is 0.611. The van der Waals surface area contributed by atoms with Crippen molar-refractivity contribution in [3.63, 3.8) is 0 Å². The van der Waals surface area contributed by atoms with Crippen LogP contribution in [0.25, 0.3) is 0 Å². The van der Waals surface area contributed by atoms with Gasteiger partial charge in [-0.3, -0.25) is 4.79 Å². The number of aromatic carboxylic acids is 1. The number of hydrogen-bond acceptors (Lipinski definition) is 4. The first-order valence-electron chi connectivity index (χ1n) is 5.85. The third-order valence-corrected chi connectivity index (χ3v) is 3.11. The van der Waals surface area contributed by atoms with Gasteiger partial charge in [-0.25, -0.2) is 9.78 Å². The zero-order valence-electron chi connectivity index (χ0n) is 9.72. The maximum atomic E-state index is 11.9. The number of carboxylic acids is 1. The lowest BCUT2D eigenvalue weighted by Crippen LogP contribution is -2.45. The molecule has 0 saturated heterocycles. The Morgan fingerprint density at radius 3 is 2.78 bits per heavy atom. The molecule has 0 aliphatic heterocycles. The normalized spacial score (nSPS) is 23.6. The van der Waals surface area contributed by atoms with Crippen LogP contribution in [0.1, 0.15) is 46.7 Å². The summed E-state index contributed by atoms with van der Waals surface area (Å²) < 4.78 is 0. The SMILES string of the molecule is O=C(N[C@@H]1CCCC[C@H]1O)c1nc[nH]c1C(=O)O. The Morgan fingerprint density at radius 1 is 1.39 bits per heavy atom. The second kappa shape index (κ2) is 5.18. The molecule has 0 radical (unpaired) electrons. The number of aliphatic hydroxyl groups is 1. The molecule has 1 fully saturated rings. The molecule has 1 aromatic heterocycles. The second-order valence-electron chi connectivity index (χ2n) is 4.36. The Labute approximate surface area is 103 Å². The van der Waals surface area contributed by atoms with E-state index in [9.17, 15) is 14.7 Å². The predicted octanol–water partition coefficient (Wildman–Crippen LogP) is 0.141. The Bertz CT molecular complexity index is 457. The van der Waals surface area contributed by atoms with E-state index in [1.165, 1.54) is 0 Å². The van der Waals surface area contributed by atoms with Crippen LogP contribution in [0.15, 0.2) is 6.33 Å². The molecule has 0 aromatic carbocycles. The van der Waals surface area contributed by atoms with Crippen LogP contribution in [0.4, 0.5) is 0 Å². The van der Waals surface area contributed by atoms with E-state index >= 15 is 0 Å². The largest absolute Gasteiger partial charge is 0.477 e. The summed E-state index contributed by atoms with van der Waals surface area (Å²) >= 11 is 0. The Balaban J connectivity index is 2.07. The lowest BCUT2D eigenvalue weighted by Gasteiger charge is -2.28. The number of imidazole rings is 1. The fourth-order valence-electron chi connectivity index (χ4n) is 2.15. The summed E-state index contributed by atoms with van der Waals surface area (Å²) in [5.74, 6) is -1.80. The average Bonchev–Trinajstić information content (AvgIpc) is 2.81. The minimum atomic E-state index is -1.23. The minimum absolute atomic E-state index is 0.153. The van der Waals surface area contributed by atoms with Crippen LogP contribution in [-0.4, -0.2) is 44.2 Å². The molecular formula is C11H15N3O4. The van der Waals surface area contributed by atoms with Gasteiger partial charge in [0.1, 0.15) is 0 Å². The maximum Gasteiger partial charge on any atom is 0.354 e. The van der Waals surface area contributed by atoms with Crippen LogP contribution in [0.3, 0.4) is 0 Å². The zero-order chi connectivity index (χ0) is 13.1. The number of carbonyl (C=O) groups excluding carboxylic acids is 1. The average molecular weight is 253 g/mol. The highest BCUT2D eigenvalue weighted by Gasteiger charge is 2.27. The highest BCUT2D eigenvalue weighted by Crippen LogP contribution is 2.18. The predicted molar refractivity (Wildman–Crippen MR) is 61.3 cm³/mol. The third kappa shape index (κ3) is 2.51. The van der Waals surface area contributed by atoms with Crippen molar-refractivity contribution in [2.24, 2.45) is 0 Å². The molecule has 1 heterocycles. The molecule has 98 valence electrons. The van der Waals surface area contributed by atoms with E-state index in [1.54, 1.807) is 0 Å². The Kier molecular flexibility index (Phi) is 3.61. The van der Waals surface area contributed by atoms with Crippen LogP contribution in [0, 0.1) is 0 Å². The van der Waals surface area contributed by atoms with Gasteiger partial charge in [0.15, 0.2) is 11.4 Å². The molecule has 4 N–H and O–H groups in total. The standard InChI is InChI=1S/C11H15N3O4/c15-7-4-2-1-3-6(7)14-10(16)8-9(11(17)18)13-5-12-8/h5-7,15H,1-4H2,(H,12,13)(H,14,16)(H,17,18)/t6-,7-/m1/s1. The van der Waals surface area contributed by atoms with Gasteiger partial charge >= 0.3 is 5.97 Å². The molecule has 0 bridgehead atoms. The van der Waals surface area contributed by atoms with Crippen molar-refractivity contribution in [2.45, 2.75) is 37.8 Å². The first kappa shape index (κ1) is 12.6. The number of rotatable bonds is 3. The number of nitrogens with one attached hydrogen (secondary N) is 2. The van der Waals surface area contributed by atoms with Gasteiger partial charge < -0.3 is 20.5 Å². The smallest absolute Gasteiger partial charge is 0.354 e. The first-order chi connectivity index (χ1) is 8.59. The van der Waals surface area contributed by atoms with E-state index in [0.29, 0.717) is 12.8 Å². The van der Waals surface area contributed by atoms with Crippen molar-refractivity contribution >= 4 is 11.9 Å². The van der Waals surface area contributed by atoms with E-state index < -0.39 is 18.0 Å². The molecule has 1 amide bonds. The van der Waals surface area contributed by atoms with Gasteiger partial charge in [-0.05, 0) is 12.8 Å². The molecule has 1 aliphatic rings. The fourth-order valence-corrected chi connectivity index (χ4v) is 2.15. The molecule has 0 spiro atoms. The molecule has 2 atom stereocenters. The van der Waals surface area contributed by atoms with E-state index in [-0.39, 0.29) is 17.4 Å². The van der Waals surface area contributed by atoms with E-state index in [0.717, 1.165) is 19.2 Å². The maximum absolute atomic E-state index is 11.9. The van der Waals surface area contributed by atoms with E-state index in [4.69, 9.17) is 5.11 Å². The number of aliphatic hydroxyl groups excluding tert-OH is 1. The number of carbonyl (C=O) groups is 2. The molecule has 1 saturated carbocycles. The fraction of sp³-hybridized carbons (Fsp3) is 0.545. The van der Waals surface area contributed by atoms with Crippen molar-refractivity contribution in [1.29, 1.82) is 0 Å². The number of amides is 1. The topological polar surface area (TPSA) is 115 Å². The van der Waals surface area contributed by atoms with Crippen molar-refractivity contribution in [2.75, 3.05) is 0 Å². The lowest BCUT2D eigenvalue weighted by atomic mass is 9.92. The summed E-state index contributed by atoms with van der Waals surface area (Å²) in [6.07, 6.45) is 3.81. The number of nitrogens with zero attached hydrogens (tertiary/aromatic N) is 1. The van der Waals surface area contributed by atoms with Crippen LogP contribution < -0.4 is 5.32 Å². The van der Waals surface area contributed by atoms with Gasteiger partial charge in [-0.15, -0.1) is 0 Å². The number of H-pyrrole nitrogens is 1. The van der Waals surface area contributed by atoms with Crippen LogP contribution in [0.2, 0.25) is 0 Å². The molecule has 18 heavy (non-hydrogen) atoms. The molecule has 1 aliphatic carbocycles. The van der Waals surface area contributed by atoms with Gasteiger partial charge in [0.05, 0.1) is 18.5 Å². The van der Waals surface area contributed by atoms with Crippen molar-refractivity contribution in [3.05, 3.63) is 17.7 Å². The molecule has 1 aromatic rings. The van der Waals surface area contributed by atoms with Gasteiger partial charge in [0.25, 0.3) is 5.91 Å². The summed E-state index contributed by atoms with van der Waals surface area (Å²) in [4.78, 5) is 28.8. The Hall–Kier alpha value is -1.89. The number of aromatic amines is 1. The van der Waals surface area contributed by atoms with Gasteiger partial charge in [-0.2, -0.15) is 0 Å². The second-order valence-corrected chi connectivity index (χ2v) is 4.36. The van der Waals surface area contributed by atoms with Crippen molar-refractivity contribution in [1.82, 2.24) is 15.3 Å². The Morgan fingerprint density at radius 2 is 2.11 bits per heavy atom. The summed E-state index contributed by atoms with van der Waals surface area (Å²) in [5.41, 5.74) is -0.391. The van der Waals surface area contributed by atoms with Crippen molar-refractivity contribution in [3.8, 4) is 0 Å². The zero-order valence-corrected chi connectivity index (χ0v) is 9.72. The highest BCUT2D eigenvalue weighted by molar-refractivity contribution is 6.02. The van der Waals surface area contributed by atoms with Gasteiger partial charge in [0.2, 0.25) is 0 Å². The summed E-state index contributed by atoms with van der Waals surface area (Å²) in [6, 6.07) is -0.329. The van der Waals surface area contributed by atoms with Gasteiger partial charge in [0, 0.05) is 0 Å². The number of aromatic nitrogens is 2. The molecule has 7 nitrogen and oxygen atoms in total. The lowest BCUT2D eigenvalue weighted by molar-refractivity contribution is 0.0669. The van der Waals surface area contributed by atoms with Gasteiger partial charge in [-0.1, -0.05) is 12.8 Å². The first-order valence-corrected chi connectivity index (χ1v) is 5.85. The van der Waals surface area contributed by atoms with E-state index in [2.05, 4.69) is 15.3 Å². The molecule has 2 rings (SSSR count). The summed E-state index contributed by atoms with van der Waals surface area (Å²) in [5, 5.41) is 21.2. The summed E-state index contributed by atoms with van der Waals surface area (Å²) in [7, 11) is 0. The molecule has 0 unspecified atom stereocenters. The van der Waals surface area contributed by atoms with E-state index in [1.807, 2.05) is 0 Å². The van der Waals surface area contributed by atoms with Crippen LogP contribution in [0.5, 0.6) is 0 Å². The third-order valence-electron chi connectivity index (χ3n) is 3.11.